The van der Waals surface area contributed by atoms with Crippen molar-refractivity contribution in [2.45, 2.75) is 19.3 Å². The van der Waals surface area contributed by atoms with Crippen LogP contribution in [0.15, 0.2) is 30.3 Å². The minimum absolute atomic E-state index is 0.108. The van der Waals surface area contributed by atoms with Crippen LogP contribution in [0.1, 0.15) is 18.4 Å². The van der Waals surface area contributed by atoms with Crippen molar-refractivity contribution >= 4 is 5.91 Å². The van der Waals surface area contributed by atoms with E-state index in [0.29, 0.717) is 26.1 Å². The van der Waals surface area contributed by atoms with Crippen LogP contribution in [0, 0.1) is 11.8 Å². The summed E-state index contributed by atoms with van der Waals surface area (Å²) in [6.45, 7) is 2.46. The zero-order valence-electron chi connectivity index (χ0n) is 12.8. The van der Waals surface area contributed by atoms with E-state index in [0.717, 1.165) is 18.1 Å². The van der Waals surface area contributed by atoms with Crippen molar-refractivity contribution in [3.63, 3.8) is 0 Å². The molecule has 0 aromatic heterocycles. The van der Waals surface area contributed by atoms with Crippen molar-refractivity contribution in [3.8, 4) is 0 Å². The third kappa shape index (κ3) is 5.48. The van der Waals surface area contributed by atoms with Crippen molar-refractivity contribution in [2.75, 3.05) is 33.4 Å². The van der Waals surface area contributed by atoms with E-state index in [9.17, 15) is 4.79 Å². The Morgan fingerprint density at radius 1 is 1.38 bits per heavy atom. The minimum Gasteiger partial charge on any atom is -0.379 e. The maximum absolute atomic E-state index is 12.4. The van der Waals surface area contributed by atoms with Gasteiger partial charge in [0.2, 0.25) is 5.91 Å². The SMILES string of the molecule is CN(CCOCC1CC1)C(=O)C(CN)Cc1ccccc1. The maximum atomic E-state index is 12.4. The fourth-order valence-corrected chi connectivity index (χ4v) is 2.33. The lowest BCUT2D eigenvalue weighted by molar-refractivity contribution is -0.134. The molecule has 1 aromatic carbocycles. The van der Waals surface area contributed by atoms with Gasteiger partial charge in [0.1, 0.15) is 0 Å². The summed E-state index contributed by atoms with van der Waals surface area (Å²) in [6, 6.07) is 10.0. The maximum Gasteiger partial charge on any atom is 0.227 e. The Hall–Kier alpha value is -1.39. The van der Waals surface area contributed by atoms with Gasteiger partial charge in [0.15, 0.2) is 0 Å². The second-order valence-corrected chi connectivity index (χ2v) is 5.90. The van der Waals surface area contributed by atoms with Crippen LogP contribution in [0.25, 0.3) is 0 Å². The number of likely N-dealkylation sites (N-methyl/N-ethyl adjacent to an activating group) is 1. The average molecular weight is 290 g/mol. The molecule has 0 bridgehead atoms. The largest absolute Gasteiger partial charge is 0.379 e. The average Bonchev–Trinajstić information content (AvgIpc) is 3.33. The first kappa shape index (κ1) is 16.0. The van der Waals surface area contributed by atoms with Crippen molar-refractivity contribution < 1.29 is 9.53 Å². The van der Waals surface area contributed by atoms with Crippen LogP contribution in [-0.2, 0) is 16.0 Å². The number of carbonyl (C=O) groups is 1. The zero-order chi connectivity index (χ0) is 15.1. The van der Waals surface area contributed by atoms with Crippen LogP contribution >= 0.6 is 0 Å². The topological polar surface area (TPSA) is 55.6 Å². The van der Waals surface area contributed by atoms with Gasteiger partial charge in [0.05, 0.1) is 12.5 Å². The van der Waals surface area contributed by atoms with E-state index in [4.69, 9.17) is 10.5 Å². The lowest BCUT2D eigenvalue weighted by atomic mass is 9.98. The van der Waals surface area contributed by atoms with Crippen LogP contribution in [0.5, 0.6) is 0 Å². The van der Waals surface area contributed by atoms with Gasteiger partial charge >= 0.3 is 0 Å². The molecule has 1 saturated carbocycles. The summed E-state index contributed by atoms with van der Waals surface area (Å²) in [5, 5.41) is 0. The molecule has 1 amide bonds. The zero-order valence-corrected chi connectivity index (χ0v) is 12.8. The molecule has 0 heterocycles. The van der Waals surface area contributed by atoms with Crippen LogP contribution in [0.2, 0.25) is 0 Å². The predicted octanol–water partition coefficient (Wildman–Crippen LogP) is 1.69. The van der Waals surface area contributed by atoms with Gasteiger partial charge in [-0.3, -0.25) is 4.79 Å². The molecule has 2 N–H and O–H groups in total. The first-order chi connectivity index (χ1) is 10.2. The van der Waals surface area contributed by atoms with E-state index < -0.39 is 0 Å². The highest BCUT2D eigenvalue weighted by Crippen LogP contribution is 2.28. The lowest BCUT2D eigenvalue weighted by Gasteiger charge is -2.23. The summed E-state index contributed by atoms with van der Waals surface area (Å²) in [4.78, 5) is 14.2. The van der Waals surface area contributed by atoms with E-state index in [2.05, 4.69) is 0 Å². The van der Waals surface area contributed by atoms with Crippen molar-refractivity contribution in [2.24, 2.45) is 17.6 Å². The Morgan fingerprint density at radius 3 is 2.71 bits per heavy atom. The number of rotatable bonds is 9. The molecule has 1 aliphatic rings. The molecule has 1 unspecified atom stereocenters. The summed E-state index contributed by atoms with van der Waals surface area (Å²) in [7, 11) is 1.83. The smallest absolute Gasteiger partial charge is 0.227 e. The van der Waals surface area contributed by atoms with Crippen LogP contribution in [0.3, 0.4) is 0 Å². The number of amides is 1. The summed E-state index contributed by atoms with van der Waals surface area (Å²) < 4.78 is 5.58. The molecule has 1 aliphatic carbocycles. The van der Waals surface area contributed by atoms with Crippen LogP contribution in [-0.4, -0.2) is 44.2 Å². The van der Waals surface area contributed by atoms with Gasteiger partial charge in [-0.2, -0.15) is 0 Å². The number of hydrogen-bond donors (Lipinski definition) is 1. The normalized spacial score (nSPS) is 15.7. The Balaban J connectivity index is 1.74. The summed E-state index contributed by atoms with van der Waals surface area (Å²) >= 11 is 0. The molecular weight excluding hydrogens is 264 g/mol. The number of carbonyl (C=O) groups excluding carboxylic acids is 1. The molecule has 0 radical (unpaired) electrons. The summed E-state index contributed by atoms with van der Waals surface area (Å²) in [5.74, 6) is 0.720. The summed E-state index contributed by atoms with van der Waals surface area (Å²) in [5.41, 5.74) is 6.94. The third-order valence-electron chi connectivity index (χ3n) is 3.96. The molecular formula is C17H26N2O2. The monoisotopic (exact) mass is 290 g/mol. The van der Waals surface area contributed by atoms with Crippen molar-refractivity contribution in [1.29, 1.82) is 0 Å². The van der Waals surface area contributed by atoms with Crippen LogP contribution < -0.4 is 5.73 Å². The lowest BCUT2D eigenvalue weighted by Crippen LogP contribution is -2.39. The molecule has 1 atom stereocenters. The molecule has 2 rings (SSSR count). The summed E-state index contributed by atoms with van der Waals surface area (Å²) in [6.07, 6.45) is 3.28. The minimum atomic E-state index is -0.152. The molecule has 0 aliphatic heterocycles. The van der Waals surface area contributed by atoms with Gasteiger partial charge in [0.25, 0.3) is 0 Å². The van der Waals surface area contributed by atoms with Crippen molar-refractivity contribution in [1.82, 2.24) is 4.90 Å². The van der Waals surface area contributed by atoms with E-state index in [1.54, 1.807) is 4.90 Å². The molecule has 21 heavy (non-hydrogen) atoms. The molecule has 1 fully saturated rings. The number of hydrogen-bond acceptors (Lipinski definition) is 3. The van der Waals surface area contributed by atoms with Gasteiger partial charge in [-0.1, -0.05) is 30.3 Å². The first-order valence-corrected chi connectivity index (χ1v) is 7.77. The van der Waals surface area contributed by atoms with E-state index in [1.165, 1.54) is 12.8 Å². The van der Waals surface area contributed by atoms with Crippen LogP contribution in [0.4, 0.5) is 0 Å². The molecule has 0 spiro atoms. The second-order valence-electron chi connectivity index (χ2n) is 5.90. The van der Waals surface area contributed by atoms with Gasteiger partial charge in [0, 0.05) is 26.7 Å². The highest BCUT2D eigenvalue weighted by atomic mass is 16.5. The first-order valence-electron chi connectivity index (χ1n) is 7.77. The Morgan fingerprint density at radius 2 is 2.10 bits per heavy atom. The quantitative estimate of drug-likeness (QED) is 0.704. The number of benzene rings is 1. The Kier molecular flexibility index (Phi) is 6.21. The van der Waals surface area contributed by atoms with E-state index in [1.807, 2.05) is 37.4 Å². The molecule has 1 aromatic rings. The van der Waals surface area contributed by atoms with Gasteiger partial charge in [-0.05, 0) is 30.7 Å². The highest BCUT2D eigenvalue weighted by molar-refractivity contribution is 5.79. The van der Waals surface area contributed by atoms with E-state index in [-0.39, 0.29) is 11.8 Å². The number of nitrogens with two attached hydrogens (primary N) is 1. The third-order valence-corrected chi connectivity index (χ3v) is 3.96. The molecule has 116 valence electrons. The Labute approximate surface area is 127 Å². The fraction of sp³-hybridized carbons (Fsp3) is 0.588. The van der Waals surface area contributed by atoms with Gasteiger partial charge < -0.3 is 15.4 Å². The molecule has 4 heteroatoms. The fourth-order valence-electron chi connectivity index (χ4n) is 2.33. The molecule has 0 saturated heterocycles. The predicted molar refractivity (Wildman–Crippen MR) is 83.9 cm³/mol. The number of ether oxygens (including phenoxy) is 1. The Bertz CT molecular complexity index is 432. The van der Waals surface area contributed by atoms with Gasteiger partial charge in [-0.15, -0.1) is 0 Å². The van der Waals surface area contributed by atoms with Gasteiger partial charge in [-0.25, -0.2) is 0 Å². The standard InChI is InChI=1S/C17H26N2O2/c1-19(9-10-21-13-15-7-8-15)17(20)16(12-18)11-14-5-3-2-4-6-14/h2-6,15-16H,7-13,18H2,1H3. The number of nitrogens with zero attached hydrogens (tertiary/aromatic N) is 1. The second kappa shape index (κ2) is 8.15. The molecule has 4 nitrogen and oxygen atoms in total. The van der Waals surface area contributed by atoms with E-state index >= 15 is 0 Å². The van der Waals surface area contributed by atoms with Crippen molar-refractivity contribution in [3.05, 3.63) is 35.9 Å². The highest BCUT2D eigenvalue weighted by Gasteiger charge is 2.22.